The summed E-state index contributed by atoms with van der Waals surface area (Å²) in [5.74, 6) is 0.222. The molecular weight excluding hydrogens is 252 g/mol. The normalized spacial score (nSPS) is 10.3. The molecule has 0 unspecified atom stereocenters. The summed E-state index contributed by atoms with van der Waals surface area (Å²) in [6, 6.07) is 0. The molecular formula is C8H9BrN2O3. The van der Waals surface area contributed by atoms with E-state index in [2.05, 4.69) is 20.9 Å². The van der Waals surface area contributed by atoms with E-state index in [0.29, 0.717) is 4.47 Å². The van der Waals surface area contributed by atoms with Crippen molar-refractivity contribution >= 4 is 21.6 Å². The van der Waals surface area contributed by atoms with Gasteiger partial charge in [-0.25, -0.2) is 0 Å². The average molecular weight is 261 g/mol. The van der Waals surface area contributed by atoms with Crippen molar-refractivity contribution in [3.8, 4) is 5.75 Å². The Bertz CT molecular complexity index is 354. The summed E-state index contributed by atoms with van der Waals surface area (Å²) in [6.45, 7) is 3.60. The number of halogens is 1. The van der Waals surface area contributed by atoms with Crippen molar-refractivity contribution in [2.75, 3.05) is 0 Å². The summed E-state index contributed by atoms with van der Waals surface area (Å²) in [4.78, 5) is 13.8. The summed E-state index contributed by atoms with van der Waals surface area (Å²) >= 11 is 3.15. The SMILES string of the molecule is CC(C)Oc1c(Br)cncc1[N+](=O)[O-]. The molecule has 0 aliphatic carbocycles. The third-order valence-corrected chi connectivity index (χ3v) is 1.95. The van der Waals surface area contributed by atoms with Crippen molar-refractivity contribution in [2.24, 2.45) is 0 Å². The number of nitro groups is 1. The van der Waals surface area contributed by atoms with Gasteiger partial charge in [-0.1, -0.05) is 0 Å². The van der Waals surface area contributed by atoms with E-state index < -0.39 is 4.92 Å². The van der Waals surface area contributed by atoms with Crippen molar-refractivity contribution in [3.05, 3.63) is 27.0 Å². The van der Waals surface area contributed by atoms with Crippen molar-refractivity contribution in [2.45, 2.75) is 20.0 Å². The van der Waals surface area contributed by atoms with E-state index in [1.54, 1.807) is 13.8 Å². The zero-order chi connectivity index (χ0) is 10.7. The molecule has 76 valence electrons. The first-order chi connectivity index (χ1) is 6.52. The molecule has 0 aliphatic rings. The fraction of sp³-hybridized carbons (Fsp3) is 0.375. The van der Waals surface area contributed by atoms with Gasteiger partial charge in [0.2, 0.25) is 5.75 Å². The topological polar surface area (TPSA) is 65.3 Å². The highest BCUT2D eigenvalue weighted by Crippen LogP contribution is 2.34. The van der Waals surface area contributed by atoms with Crippen LogP contribution in [-0.2, 0) is 0 Å². The van der Waals surface area contributed by atoms with Gasteiger partial charge in [-0.2, -0.15) is 0 Å². The van der Waals surface area contributed by atoms with Gasteiger partial charge in [0.1, 0.15) is 6.20 Å². The van der Waals surface area contributed by atoms with E-state index in [0.717, 1.165) is 0 Å². The minimum absolute atomic E-state index is 0.118. The van der Waals surface area contributed by atoms with Crippen molar-refractivity contribution in [3.63, 3.8) is 0 Å². The van der Waals surface area contributed by atoms with E-state index in [-0.39, 0.29) is 17.5 Å². The van der Waals surface area contributed by atoms with E-state index in [9.17, 15) is 10.1 Å². The predicted molar refractivity (Wildman–Crippen MR) is 54.4 cm³/mol. The Hall–Kier alpha value is -1.17. The Morgan fingerprint density at radius 3 is 2.71 bits per heavy atom. The molecule has 0 bridgehead atoms. The number of hydrogen-bond donors (Lipinski definition) is 0. The highest BCUT2D eigenvalue weighted by molar-refractivity contribution is 9.10. The lowest BCUT2D eigenvalue weighted by Crippen LogP contribution is -2.08. The summed E-state index contributed by atoms with van der Waals surface area (Å²) in [7, 11) is 0. The standard InChI is InChI=1S/C8H9BrN2O3/c1-5(2)14-8-6(9)3-10-4-7(8)11(12)13/h3-5H,1-2H3. The Morgan fingerprint density at radius 2 is 2.21 bits per heavy atom. The minimum atomic E-state index is -0.518. The zero-order valence-electron chi connectivity index (χ0n) is 7.73. The molecule has 0 spiro atoms. The minimum Gasteiger partial charge on any atom is -0.483 e. The zero-order valence-corrected chi connectivity index (χ0v) is 9.32. The fourth-order valence-corrected chi connectivity index (χ4v) is 1.31. The van der Waals surface area contributed by atoms with E-state index in [1.165, 1.54) is 12.4 Å². The lowest BCUT2D eigenvalue weighted by Gasteiger charge is -2.10. The van der Waals surface area contributed by atoms with Crippen molar-refractivity contribution in [1.82, 2.24) is 4.98 Å². The molecule has 0 fully saturated rings. The number of nitrogens with zero attached hydrogens (tertiary/aromatic N) is 2. The molecule has 6 heteroatoms. The lowest BCUT2D eigenvalue weighted by molar-refractivity contribution is -0.386. The van der Waals surface area contributed by atoms with Crippen LogP contribution >= 0.6 is 15.9 Å². The summed E-state index contributed by atoms with van der Waals surface area (Å²) in [5.41, 5.74) is -0.131. The maximum absolute atomic E-state index is 10.6. The molecule has 0 aromatic carbocycles. The van der Waals surface area contributed by atoms with Gasteiger partial charge in [0.15, 0.2) is 0 Å². The number of aromatic nitrogens is 1. The maximum atomic E-state index is 10.6. The van der Waals surface area contributed by atoms with Crippen LogP contribution in [0.1, 0.15) is 13.8 Å². The van der Waals surface area contributed by atoms with Gasteiger partial charge in [-0.15, -0.1) is 0 Å². The molecule has 0 amide bonds. The van der Waals surface area contributed by atoms with Gasteiger partial charge in [-0.05, 0) is 29.8 Å². The van der Waals surface area contributed by atoms with Crippen LogP contribution in [0.4, 0.5) is 5.69 Å². The van der Waals surface area contributed by atoms with Gasteiger partial charge in [0, 0.05) is 6.20 Å². The third kappa shape index (κ3) is 2.41. The molecule has 0 N–H and O–H groups in total. The molecule has 0 radical (unpaired) electrons. The molecule has 0 saturated heterocycles. The number of ether oxygens (including phenoxy) is 1. The molecule has 0 atom stereocenters. The van der Waals surface area contributed by atoms with Gasteiger partial charge < -0.3 is 4.74 Å². The highest BCUT2D eigenvalue weighted by atomic mass is 79.9. The summed E-state index contributed by atoms with van der Waals surface area (Å²) in [5, 5.41) is 10.6. The van der Waals surface area contributed by atoms with Crippen LogP contribution in [0.15, 0.2) is 16.9 Å². The molecule has 0 aliphatic heterocycles. The molecule has 1 aromatic rings. The first-order valence-electron chi connectivity index (χ1n) is 3.97. The molecule has 1 aromatic heterocycles. The molecule has 1 heterocycles. The van der Waals surface area contributed by atoms with Crippen LogP contribution in [0.3, 0.4) is 0 Å². The monoisotopic (exact) mass is 260 g/mol. The van der Waals surface area contributed by atoms with Gasteiger partial charge in [0.05, 0.1) is 15.5 Å². The predicted octanol–water partition coefficient (Wildman–Crippen LogP) is 2.54. The van der Waals surface area contributed by atoms with Crippen LogP contribution in [-0.4, -0.2) is 16.0 Å². The Morgan fingerprint density at radius 1 is 1.57 bits per heavy atom. The second-order valence-corrected chi connectivity index (χ2v) is 3.75. The first kappa shape index (κ1) is 10.9. The van der Waals surface area contributed by atoms with Crippen molar-refractivity contribution < 1.29 is 9.66 Å². The van der Waals surface area contributed by atoms with Crippen LogP contribution in [0.25, 0.3) is 0 Å². The molecule has 1 rings (SSSR count). The molecule has 5 nitrogen and oxygen atoms in total. The Labute approximate surface area is 89.4 Å². The second-order valence-electron chi connectivity index (χ2n) is 2.89. The highest BCUT2D eigenvalue weighted by Gasteiger charge is 2.19. The fourth-order valence-electron chi connectivity index (χ4n) is 0.895. The quantitative estimate of drug-likeness (QED) is 0.619. The van der Waals surface area contributed by atoms with Crippen molar-refractivity contribution in [1.29, 1.82) is 0 Å². The Balaban J connectivity index is 3.15. The second kappa shape index (κ2) is 4.36. The van der Waals surface area contributed by atoms with Crippen LogP contribution in [0.2, 0.25) is 0 Å². The van der Waals surface area contributed by atoms with Crippen LogP contribution in [0, 0.1) is 10.1 Å². The van der Waals surface area contributed by atoms with E-state index in [1.807, 2.05) is 0 Å². The Kier molecular flexibility index (Phi) is 3.40. The number of pyridine rings is 1. The smallest absolute Gasteiger partial charge is 0.330 e. The first-order valence-corrected chi connectivity index (χ1v) is 4.76. The molecule has 0 saturated carbocycles. The maximum Gasteiger partial charge on any atom is 0.330 e. The lowest BCUT2D eigenvalue weighted by atomic mass is 10.4. The number of hydrogen-bond acceptors (Lipinski definition) is 4. The summed E-state index contributed by atoms with van der Waals surface area (Å²) < 4.78 is 5.80. The average Bonchev–Trinajstić information content (AvgIpc) is 2.07. The van der Waals surface area contributed by atoms with Gasteiger partial charge in [0.25, 0.3) is 0 Å². The number of rotatable bonds is 3. The molecule has 14 heavy (non-hydrogen) atoms. The summed E-state index contributed by atoms with van der Waals surface area (Å²) in [6.07, 6.45) is 2.51. The van der Waals surface area contributed by atoms with Gasteiger partial charge >= 0.3 is 5.69 Å². The van der Waals surface area contributed by atoms with Gasteiger partial charge in [-0.3, -0.25) is 15.1 Å². The van der Waals surface area contributed by atoms with E-state index >= 15 is 0 Å². The van der Waals surface area contributed by atoms with Crippen LogP contribution in [0.5, 0.6) is 5.75 Å². The van der Waals surface area contributed by atoms with Crippen LogP contribution < -0.4 is 4.74 Å². The van der Waals surface area contributed by atoms with E-state index in [4.69, 9.17) is 4.74 Å². The largest absolute Gasteiger partial charge is 0.483 e. The third-order valence-electron chi connectivity index (χ3n) is 1.38.